The second-order valence-electron chi connectivity index (χ2n) is 15.7. The lowest BCUT2D eigenvalue weighted by Crippen LogP contribution is -2.51. The fraction of sp³-hybridized carbons (Fsp3) is 0.452. The van der Waals surface area contributed by atoms with Gasteiger partial charge in [-0.15, -0.1) is 0 Å². The molecule has 296 valence electrons. The standard InChI is InChI=1S/C42H46ClN9O5/c1-26-2-11-37(39(54)47-26)52-40(55)34-10-6-31(20-35(34)41(52)56)50-18-16-49(17-19-50)25-27-12-14-51(15-13-27)42-45-23-29(24-46-42)38(53)48-30-4-8-32(9-5-30)57-33-7-3-28(22-44)36(43)21-33/h3,6-7,10,20-21,23-24,27,30,32,37H,1-2,4-5,8-9,11-19,25H2,(H,47,54)(H,48,53). The Morgan fingerprint density at radius 1 is 0.895 bits per heavy atom. The molecule has 15 heteroatoms. The predicted molar refractivity (Wildman–Crippen MR) is 213 cm³/mol. The van der Waals surface area contributed by atoms with E-state index in [-0.39, 0.29) is 24.0 Å². The van der Waals surface area contributed by atoms with Crippen molar-refractivity contribution >= 4 is 46.9 Å². The van der Waals surface area contributed by atoms with E-state index in [1.807, 2.05) is 12.1 Å². The van der Waals surface area contributed by atoms with Gasteiger partial charge in [-0.2, -0.15) is 5.26 Å². The topological polar surface area (TPSA) is 164 Å². The van der Waals surface area contributed by atoms with Crippen LogP contribution in [0, 0.1) is 17.2 Å². The van der Waals surface area contributed by atoms with Crippen molar-refractivity contribution in [2.45, 2.75) is 69.6 Å². The Labute approximate surface area is 336 Å². The van der Waals surface area contributed by atoms with E-state index >= 15 is 0 Å². The van der Waals surface area contributed by atoms with Gasteiger partial charge >= 0.3 is 0 Å². The maximum absolute atomic E-state index is 13.4. The molecule has 4 amide bonds. The van der Waals surface area contributed by atoms with Crippen LogP contribution < -0.4 is 25.2 Å². The SMILES string of the molecule is C=C1CCC(N2C(=O)c3ccc(N4CCN(CC5CCN(c6ncc(C(=O)NC7CCC(Oc8ccc(C#N)c(Cl)c8)CC7)cn6)CC5)CC4)cc3C2=O)C(=O)N1. The first-order valence-electron chi connectivity index (χ1n) is 19.9. The second kappa shape index (κ2) is 16.5. The minimum absolute atomic E-state index is 0.0263. The number of amides is 4. The van der Waals surface area contributed by atoms with Crippen LogP contribution in [-0.2, 0) is 4.79 Å². The number of hydrogen-bond acceptors (Lipinski definition) is 11. The summed E-state index contributed by atoms with van der Waals surface area (Å²) in [5.41, 5.74) is 3.09. The van der Waals surface area contributed by atoms with Crippen LogP contribution in [-0.4, -0.2) is 107 Å². The number of piperazine rings is 1. The lowest BCUT2D eigenvalue weighted by atomic mass is 9.92. The monoisotopic (exact) mass is 791 g/mol. The van der Waals surface area contributed by atoms with E-state index < -0.39 is 17.9 Å². The van der Waals surface area contributed by atoms with Gasteiger partial charge in [-0.25, -0.2) is 9.97 Å². The second-order valence-corrected chi connectivity index (χ2v) is 16.1. The predicted octanol–water partition coefficient (Wildman–Crippen LogP) is 4.55. The minimum Gasteiger partial charge on any atom is -0.490 e. The van der Waals surface area contributed by atoms with Gasteiger partial charge in [0.05, 0.1) is 33.4 Å². The first-order chi connectivity index (χ1) is 27.6. The van der Waals surface area contributed by atoms with Crippen molar-refractivity contribution < 1.29 is 23.9 Å². The number of nitrogens with zero attached hydrogens (tertiary/aromatic N) is 7. The fourth-order valence-electron chi connectivity index (χ4n) is 8.65. The molecule has 4 aliphatic heterocycles. The Balaban J connectivity index is 0.753. The number of fused-ring (bicyclic) bond motifs is 1. The molecule has 2 N–H and O–H groups in total. The lowest BCUT2D eigenvalue weighted by molar-refractivity contribution is -0.125. The van der Waals surface area contributed by atoms with Gasteiger partial charge in [0.15, 0.2) is 0 Å². The van der Waals surface area contributed by atoms with Crippen molar-refractivity contribution in [3.05, 3.63) is 88.3 Å². The third-order valence-corrected chi connectivity index (χ3v) is 12.3. The average Bonchev–Trinajstić information content (AvgIpc) is 3.47. The van der Waals surface area contributed by atoms with Gasteiger partial charge in [0.25, 0.3) is 17.7 Å². The molecule has 0 radical (unpaired) electrons. The Morgan fingerprint density at radius 2 is 1.61 bits per heavy atom. The van der Waals surface area contributed by atoms with E-state index in [1.165, 1.54) is 0 Å². The van der Waals surface area contributed by atoms with Crippen LogP contribution in [0.25, 0.3) is 0 Å². The summed E-state index contributed by atoms with van der Waals surface area (Å²) in [7, 11) is 0. The third-order valence-electron chi connectivity index (χ3n) is 12.0. The number of imide groups is 1. The highest BCUT2D eigenvalue weighted by atomic mass is 35.5. The smallest absolute Gasteiger partial charge is 0.262 e. The molecule has 4 fully saturated rings. The van der Waals surface area contributed by atoms with E-state index in [9.17, 15) is 19.2 Å². The summed E-state index contributed by atoms with van der Waals surface area (Å²) in [5.74, 6) is 0.487. The maximum Gasteiger partial charge on any atom is 0.262 e. The number of aromatic nitrogens is 2. The molecule has 3 saturated heterocycles. The number of rotatable bonds is 9. The highest BCUT2D eigenvalue weighted by Crippen LogP contribution is 2.32. The van der Waals surface area contributed by atoms with Crippen LogP contribution in [0.1, 0.15) is 88.0 Å². The van der Waals surface area contributed by atoms with Gasteiger partial charge in [-0.1, -0.05) is 18.2 Å². The summed E-state index contributed by atoms with van der Waals surface area (Å²) in [5, 5.41) is 15.3. The Kier molecular flexibility index (Phi) is 11.1. The number of carbonyl (C=O) groups is 4. The fourth-order valence-corrected chi connectivity index (χ4v) is 8.87. The molecule has 1 aromatic heterocycles. The number of benzene rings is 2. The van der Waals surface area contributed by atoms with Crippen LogP contribution in [0.3, 0.4) is 0 Å². The molecule has 57 heavy (non-hydrogen) atoms. The van der Waals surface area contributed by atoms with Gasteiger partial charge < -0.3 is 25.2 Å². The van der Waals surface area contributed by atoms with E-state index in [0.29, 0.717) is 63.4 Å². The highest BCUT2D eigenvalue weighted by molar-refractivity contribution is 6.31. The van der Waals surface area contributed by atoms with Crippen molar-refractivity contribution in [2.75, 3.05) is 55.6 Å². The van der Waals surface area contributed by atoms with Crippen molar-refractivity contribution in [2.24, 2.45) is 5.92 Å². The van der Waals surface area contributed by atoms with Crippen LogP contribution >= 0.6 is 11.6 Å². The molecular weight excluding hydrogens is 746 g/mol. The Morgan fingerprint density at radius 3 is 2.30 bits per heavy atom. The molecule has 1 saturated carbocycles. The molecular formula is C42H46ClN9O5. The number of nitrogens with one attached hydrogen (secondary N) is 2. The van der Waals surface area contributed by atoms with Gasteiger partial charge in [-0.3, -0.25) is 29.0 Å². The summed E-state index contributed by atoms with van der Waals surface area (Å²) in [6, 6.07) is 11.8. The summed E-state index contributed by atoms with van der Waals surface area (Å²) < 4.78 is 6.08. The largest absolute Gasteiger partial charge is 0.490 e. The molecule has 5 aliphatic rings. The highest BCUT2D eigenvalue weighted by Gasteiger charge is 2.44. The number of allylic oxidation sites excluding steroid dienone is 1. The number of nitriles is 1. The number of ether oxygens (including phenoxy) is 1. The molecule has 1 aliphatic carbocycles. The van der Waals surface area contributed by atoms with Gasteiger partial charge in [0.1, 0.15) is 17.9 Å². The molecule has 3 aromatic rings. The normalized spacial score (nSPS) is 23.2. The summed E-state index contributed by atoms with van der Waals surface area (Å²) in [4.78, 5) is 69.3. The number of halogens is 1. The van der Waals surface area contributed by atoms with Crippen molar-refractivity contribution in [3.63, 3.8) is 0 Å². The number of carbonyl (C=O) groups excluding carboxylic acids is 4. The zero-order valence-corrected chi connectivity index (χ0v) is 32.5. The van der Waals surface area contributed by atoms with Crippen LogP contribution in [0.15, 0.2) is 61.1 Å². The Hall–Kier alpha value is -5.52. The minimum atomic E-state index is -0.818. The third kappa shape index (κ3) is 8.31. The number of hydrogen-bond donors (Lipinski definition) is 2. The van der Waals surface area contributed by atoms with Gasteiger partial charge in [0, 0.05) is 81.7 Å². The number of anilines is 2. The summed E-state index contributed by atoms with van der Waals surface area (Å²) in [6.07, 6.45) is 9.42. The first kappa shape index (κ1) is 38.4. The number of piperidine rings is 2. The molecule has 1 unspecified atom stereocenters. The van der Waals surface area contributed by atoms with Gasteiger partial charge in [-0.05, 0) is 87.6 Å². The first-order valence-corrected chi connectivity index (χ1v) is 20.2. The molecule has 0 spiro atoms. The summed E-state index contributed by atoms with van der Waals surface area (Å²) >= 11 is 6.15. The van der Waals surface area contributed by atoms with E-state index in [0.717, 1.165) is 94.9 Å². The lowest BCUT2D eigenvalue weighted by Gasteiger charge is -2.39. The van der Waals surface area contributed by atoms with E-state index in [1.54, 1.807) is 36.7 Å². The molecule has 2 aromatic carbocycles. The van der Waals surface area contributed by atoms with Crippen molar-refractivity contribution in [3.8, 4) is 11.8 Å². The van der Waals surface area contributed by atoms with E-state index in [2.05, 4.69) is 47.9 Å². The quantitative estimate of drug-likeness (QED) is 0.293. The zero-order chi connectivity index (χ0) is 39.6. The average molecular weight is 792 g/mol. The van der Waals surface area contributed by atoms with Crippen molar-refractivity contribution in [1.82, 2.24) is 30.4 Å². The molecule has 1 atom stereocenters. The van der Waals surface area contributed by atoms with Crippen molar-refractivity contribution in [1.29, 1.82) is 5.26 Å². The maximum atomic E-state index is 13.4. The molecule has 0 bridgehead atoms. The summed E-state index contributed by atoms with van der Waals surface area (Å²) in [6.45, 7) is 9.95. The molecule has 14 nitrogen and oxygen atoms in total. The Bertz CT molecular complexity index is 2100. The van der Waals surface area contributed by atoms with Crippen LogP contribution in [0.2, 0.25) is 5.02 Å². The molecule has 8 rings (SSSR count). The molecule has 5 heterocycles. The van der Waals surface area contributed by atoms with Crippen LogP contribution in [0.4, 0.5) is 11.6 Å². The van der Waals surface area contributed by atoms with E-state index in [4.69, 9.17) is 21.6 Å². The zero-order valence-electron chi connectivity index (χ0n) is 31.8. The van der Waals surface area contributed by atoms with Crippen LogP contribution in [0.5, 0.6) is 5.75 Å². The van der Waals surface area contributed by atoms with Gasteiger partial charge in [0.2, 0.25) is 11.9 Å².